The number of anilines is 1. The van der Waals surface area contributed by atoms with Gasteiger partial charge >= 0.3 is 6.18 Å². The number of aryl methyl sites for hydroxylation is 1. The molecule has 5 nitrogen and oxygen atoms in total. The maximum atomic E-state index is 12.4. The van der Waals surface area contributed by atoms with Gasteiger partial charge in [-0.1, -0.05) is 0 Å². The lowest BCUT2D eigenvalue weighted by atomic mass is 10.3. The van der Waals surface area contributed by atoms with E-state index in [0.717, 1.165) is 24.6 Å². The van der Waals surface area contributed by atoms with Crippen molar-refractivity contribution >= 4 is 5.82 Å². The van der Waals surface area contributed by atoms with E-state index in [1.807, 2.05) is 17.7 Å². The summed E-state index contributed by atoms with van der Waals surface area (Å²) < 4.78 is 39.2. The fraction of sp³-hybridized carbons (Fsp3) is 0.429. The number of hydrogen-bond donors (Lipinski definition) is 2. The first kappa shape index (κ1) is 16.3. The fourth-order valence-electron chi connectivity index (χ4n) is 1.94. The second kappa shape index (κ2) is 7.26. The molecule has 0 radical (unpaired) electrons. The van der Waals surface area contributed by atoms with Crippen LogP contribution >= 0.6 is 0 Å². The summed E-state index contributed by atoms with van der Waals surface area (Å²) in [6.45, 7) is 4.77. The van der Waals surface area contributed by atoms with E-state index in [4.69, 9.17) is 0 Å². The number of hydrogen-bond acceptors (Lipinski definition) is 4. The monoisotopic (exact) mass is 313 g/mol. The molecule has 2 aromatic heterocycles. The molecule has 0 spiro atoms. The highest BCUT2D eigenvalue weighted by Crippen LogP contribution is 2.28. The molecule has 0 bridgehead atoms. The van der Waals surface area contributed by atoms with E-state index in [1.165, 1.54) is 6.07 Å². The second-order valence-electron chi connectivity index (χ2n) is 4.66. The van der Waals surface area contributed by atoms with Crippen LogP contribution in [0.15, 0.2) is 30.7 Å². The number of halogens is 3. The van der Waals surface area contributed by atoms with Crippen molar-refractivity contribution in [2.45, 2.75) is 26.2 Å². The summed E-state index contributed by atoms with van der Waals surface area (Å²) in [6.07, 6.45) is 0.147. The lowest BCUT2D eigenvalue weighted by Crippen LogP contribution is -2.23. The number of nitrogens with one attached hydrogen (secondary N) is 2. The van der Waals surface area contributed by atoms with Crippen LogP contribution in [0.4, 0.5) is 19.0 Å². The molecule has 22 heavy (non-hydrogen) atoms. The second-order valence-corrected chi connectivity index (χ2v) is 4.66. The first-order chi connectivity index (χ1) is 10.5. The molecular formula is C14H18F3N5. The van der Waals surface area contributed by atoms with Gasteiger partial charge < -0.3 is 15.2 Å². The lowest BCUT2D eigenvalue weighted by molar-refractivity contribution is -0.137. The van der Waals surface area contributed by atoms with Crippen LogP contribution in [-0.2, 0) is 19.3 Å². The van der Waals surface area contributed by atoms with Crippen LogP contribution in [0.1, 0.15) is 18.3 Å². The van der Waals surface area contributed by atoms with Crippen LogP contribution in [0, 0.1) is 0 Å². The predicted octanol–water partition coefficient (Wildman–Crippen LogP) is 2.52. The first-order valence-corrected chi connectivity index (χ1v) is 6.98. The summed E-state index contributed by atoms with van der Waals surface area (Å²) in [4.78, 5) is 7.98. The molecule has 0 aliphatic heterocycles. The van der Waals surface area contributed by atoms with Crippen molar-refractivity contribution in [2.24, 2.45) is 0 Å². The molecule has 2 rings (SSSR count). The highest BCUT2D eigenvalue weighted by atomic mass is 19.4. The van der Waals surface area contributed by atoms with Crippen molar-refractivity contribution in [3.8, 4) is 0 Å². The van der Waals surface area contributed by atoms with Crippen molar-refractivity contribution in [2.75, 3.05) is 18.4 Å². The van der Waals surface area contributed by atoms with E-state index in [1.54, 1.807) is 6.20 Å². The van der Waals surface area contributed by atoms with Crippen LogP contribution in [0.2, 0.25) is 0 Å². The van der Waals surface area contributed by atoms with Gasteiger partial charge in [0.15, 0.2) is 0 Å². The van der Waals surface area contributed by atoms with Gasteiger partial charge in [0.2, 0.25) is 0 Å². The van der Waals surface area contributed by atoms with E-state index in [9.17, 15) is 13.2 Å². The van der Waals surface area contributed by atoms with Crippen LogP contribution in [0.5, 0.6) is 0 Å². The Labute approximate surface area is 126 Å². The smallest absolute Gasteiger partial charge is 0.369 e. The Morgan fingerprint density at radius 3 is 2.64 bits per heavy atom. The minimum atomic E-state index is -4.35. The lowest BCUT2D eigenvalue weighted by Gasteiger charge is -2.09. The molecule has 0 saturated heterocycles. The van der Waals surface area contributed by atoms with Gasteiger partial charge in [0, 0.05) is 38.2 Å². The molecule has 2 heterocycles. The molecule has 0 unspecified atom stereocenters. The minimum absolute atomic E-state index is 0.421. The standard InChI is InChI=1S/C14H18F3N5/c1-2-22-8-7-20-13(22)10-18-5-6-19-12-4-3-11(9-21-12)14(15,16)17/h3-4,7-9,18H,2,5-6,10H2,1H3,(H,19,21). The largest absolute Gasteiger partial charge is 0.417 e. The fourth-order valence-corrected chi connectivity index (χ4v) is 1.94. The number of pyridine rings is 1. The molecule has 0 aliphatic carbocycles. The minimum Gasteiger partial charge on any atom is -0.369 e. The van der Waals surface area contributed by atoms with Crippen molar-refractivity contribution < 1.29 is 13.2 Å². The summed E-state index contributed by atoms with van der Waals surface area (Å²) in [5.41, 5.74) is -0.748. The van der Waals surface area contributed by atoms with Gasteiger partial charge in [0.05, 0.1) is 12.1 Å². The SMILES string of the molecule is CCn1ccnc1CNCCNc1ccc(C(F)(F)F)cn1. The van der Waals surface area contributed by atoms with Gasteiger partial charge in [0.25, 0.3) is 0 Å². The normalized spacial score (nSPS) is 11.6. The Hall–Kier alpha value is -2.09. The van der Waals surface area contributed by atoms with E-state index < -0.39 is 11.7 Å². The van der Waals surface area contributed by atoms with Gasteiger partial charge in [0.1, 0.15) is 11.6 Å². The van der Waals surface area contributed by atoms with Crippen LogP contribution < -0.4 is 10.6 Å². The molecule has 0 aromatic carbocycles. The summed E-state index contributed by atoms with van der Waals surface area (Å²) >= 11 is 0. The third-order valence-electron chi connectivity index (χ3n) is 3.12. The third-order valence-corrected chi connectivity index (χ3v) is 3.12. The van der Waals surface area contributed by atoms with E-state index in [0.29, 0.717) is 25.5 Å². The average Bonchev–Trinajstić information content (AvgIpc) is 2.94. The Bertz CT molecular complexity index is 577. The Kier molecular flexibility index (Phi) is 5.37. The molecule has 0 fully saturated rings. The Morgan fingerprint density at radius 2 is 2.00 bits per heavy atom. The molecule has 120 valence electrons. The number of alkyl halides is 3. The maximum Gasteiger partial charge on any atom is 0.417 e. The molecule has 0 saturated carbocycles. The highest BCUT2D eigenvalue weighted by molar-refractivity contribution is 5.36. The summed E-state index contributed by atoms with van der Waals surface area (Å²) in [7, 11) is 0. The number of aromatic nitrogens is 3. The van der Waals surface area contributed by atoms with Crippen LogP contribution in [0.25, 0.3) is 0 Å². The van der Waals surface area contributed by atoms with Gasteiger partial charge in [-0.25, -0.2) is 9.97 Å². The Balaban J connectivity index is 1.71. The van der Waals surface area contributed by atoms with E-state index in [2.05, 4.69) is 20.6 Å². The number of imidazole rings is 1. The first-order valence-electron chi connectivity index (χ1n) is 6.98. The average molecular weight is 313 g/mol. The molecular weight excluding hydrogens is 295 g/mol. The molecule has 0 atom stereocenters. The topological polar surface area (TPSA) is 54.8 Å². The zero-order valence-corrected chi connectivity index (χ0v) is 12.2. The third kappa shape index (κ3) is 4.45. The van der Waals surface area contributed by atoms with Gasteiger partial charge in [-0.2, -0.15) is 13.2 Å². The van der Waals surface area contributed by atoms with Crippen LogP contribution in [0.3, 0.4) is 0 Å². The van der Waals surface area contributed by atoms with Crippen molar-refractivity contribution in [3.05, 3.63) is 42.1 Å². The zero-order valence-electron chi connectivity index (χ0n) is 12.2. The van der Waals surface area contributed by atoms with Crippen molar-refractivity contribution in [1.82, 2.24) is 19.9 Å². The van der Waals surface area contributed by atoms with Gasteiger partial charge in [-0.05, 0) is 19.1 Å². The van der Waals surface area contributed by atoms with E-state index >= 15 is 0 Å². The molecule has 0 amide bonds. The quantitative estimate of drug-likeness (QED) is 0.771. The van der Waals surface area contributed by atoms with Gasteiger partial charge in [-0.15, -0.1) is 0 Å². The predicted molar refractivity (Wildman–Crippen MR) is 77.3 cm³/mol. The number of rotatable bonds is 7. The van der Waals surface area contributed by atoms with Crippen molar-refractivity contribution in [3.63, 3.8) is 0 Å². The Morgan fingerprint density at radius 1 is 1.18 bits per heavy atom. The van der Waals surface area contributed by atoms with E-state index in [-0.39, 0.29) is 0 Å². The van der Waals surface area contributed by atoms with Gasteiger partial charge in [-0.3, -0.25) is 0 Å². The maximum absolute atomic E-state index is 12.4. The summed E-state index contributed by atoms with van der Waals surface area (Å²) in [5, 5.41) is 6.18. The molecule has 2 aromatic rings. The summed E-state index contributed by atoms with van der Waals surface area (Å²) in [6, 6.07) is 2.34. The van der Waals surface area contributed by atoms with Crippen molar-refractivity contribution in [1.29, 1.82) is 0 Å². The molecule has 0 aliphatic rings. The summed E-state index contributed by atoms with van der Waals surface area (Å²) in [5.74, 6) is 1.38. The number of nitrogens with zero attached hydrogens (tertiary/aromatic N) is 3. The highest BCUT2D eigenvalue weighted by Gasteiger charge is 2.30. The molecule has 8 heteroatoms. The zero-order chi connectivity index (χ0) is 16.0. The van der Waals surface area contributed by atoms with Crippen LogP contribution in [-0.4, -0.2) is 27.6 Å². The molecule has 2 N–H and O–H groups in total.